The Bertz CT molecular complexity index is 604. The fourth-order valence-electron chi connectivity index (χ4n) is 2.28. The Morgan fingerprint density at radius 2 is 1.80 bits per heavy atom. The zero-order valence-corrected chi connectivity index (χ0v) is 12.0. The van der Waals surface area contributed by atoms with Gasteiger partial charge in [0.05, 0.1) is 0 Å². The van der Waals surface area contributed by atoms with Gasteiger partial charge in [0.25, 0.3) is 5.79 Å². The van der Waals surface area contributed by atoms with Crippen LogP contribution in [-0.2, 0) is 14.3 Å². The number of hydrogen-bond donors (Lipinski definition) is 0. The maximum Gasteiger partial charge on any atom is 0.253 e. The van der Waals surface area contributed by atoms with Crippen molar-refractivity contribution in [2.24, 2.45) is 0 Å². The van der Waals surface area contributed by atoms with Gasteiger partial charge in [0.1, 0.15) is 0 Å². The molecule has 104 valence electrons. The molecule has 0 bridgehead atoms. The van der Waals surface area contributed by atoms with Crippen LogP contribution >= 0.6 is 0 Å². The smallest absolute Gasteiger partial charge is 0.253 e. The van der Waals surface area contributed by atoms with E-state index >= 15 is 0 Å². The maximum atomic E-state index is 12.0. The van der Waals surface area contributed by atoms with Crippen molar-refractivity contribution in [3.8, 4) is 0 Å². The quantitative estimate of drug-likeness (QED) is 0.788. The lowest BCUT2D eigenvalue weighted by Crippen LogP contribution is -2.41. The lowest BCUT2D eigenvalue weighted by atomic mass is 9.90. The van der Waals surface area contributed by atoms with Crippen molar-refractivity contribution < 1.29 is 14.3 Å². The van der Waals surface area contributed by atoms with Gasteiger partial charge >= 0.3 is 0 Å². The third kappa shape index (κ3) is 2.38. The molecule has 0 N–H and O–H groups in total. The predicted molar refractivity (Wildman–Crippen MR) is 80.0 cm³/mol. The van der Waals surface area contributed by atoms with E-state index < -0.39 is 5.79 Å². The Morgan fingerprint density at radius 3 is 2.40 bits per heavy atom. The van der Waals surface area contributed by atoms with Gasteiger partial charge in [0.15, 0.2) is 0 Å². The predicted octanol–water partition coefficient (Wildman–Crippen LogP) is 3.23. The first kappa shape index (κ1) is 14.4. The molecule has 1 aromatic carbocycles. The number of ether oxygens (including phenoxy) is 2. The van der Waals surface area contributed by atoms with Gasteiger partial charge in [-0.15, -0.1) is 0 Å². The summed E-state index contributed by atoms with van der Waals surface area (Å²) in [6, 6.07) is 7.91. The van der Waals surface area contributed by atoms with E-state index in [2.05, 4.69) is 6.58 Å². The van der Waals surface area contributed by atoms with Crippen molar-refractivity contribution in [3.05, 3.63) is 60.2 Å². The Morgan fingerprint density at radius 1 is 1.15 bits per heavy atom. The molecule has 0 atom stereocenters. The fraction of sp³-hybridized carbons (Fsp3) is 0.235. The van der Waals surface area contributed by atoms with Crippen LogP contribution in [0, 0.1) is 0 Å². The minimum Gasteiger partial charge on any atom is -0.344 e. The monoisotopic (exact) mass is 270 g/mol. The summed E-state index contributed by atoms with van der Waals surface area (Å²) in [5.41, 5.74) is 3.89. The molecule has 3 nitrogen and oxygen atoms in total. The molecule has 0 saturated carbocycles. The van der Waals surface area contributed by atoms with Gasteiger partial charge in [-0.1, -0.05) is 42.5 Å². The summed E-state index contributed by atoms with van der Waals surface area (Å²) in [6.07, 6.45) is 4.97. The number of methoxy groups -OCH3 is 2. The molecular weight excluding hydrogens is 252 g/mol. The second-order valence-corrected chi connectivity index (χ2v) is 4.70. The summed E-state index contributed by atoms with van der Waals surface area (Å²) in [6.45, 7) is 5.95. The van der Waals surface area contributed by atoms with Crippen molar-refractivity contribution >= 4 is 16.9 Å². The Hall–Kier alpha value is -1.97. The lowest BCUT2D eigenvalue weighted by molar-refractivity contribution is -0.181. The van der Waals surface area contributed by atoms with E-state index in [1.165, 1.54) is 20.3 Å². The molecule has 20 heavy (non-hydrogen) atoms. The molecule has 1 aliphatic rings. The van der Waals surface area contributed by atoms with E-state index in [0.717, 1.165) is 22.3 Å². The van der Waals surface area contributed by atoms with Crippen molar-refractivity contribution in [1.29, 1.82) is 0 Å². The van der Waals surface area contributed by atoms with Crippen LogP contribution in [0.1, 0.15) is 18.1 Å². The zero-order valence-electron chi connectivity index (χ0n) is 12.0. The van der Waals surface area contributed by atoms with Gasteiger partial charge in [0, 0.05) is 14.2 Å². The van der Waals surface area contributed by atoms with Crippen LogP contribution in [0.2, 0.25) is 0 Å². The van der Waals surface area contributed by atoms with Crippen molar-refractivity contribution in [3.63, 3.8) is 0 Å². The number of carbonyl (C=O) groups is 1. The normalized spacial score (nSPS) is 16.9. The van der Waals surface area contributed by atoms with E-state index in [9.17, 15) is 4.79 Å². The second-order valence-electron chi connectivity index (χ2n) is 4.70. The Balaban J connectivity index is 2.56. The number of ketones is 1. The SMILES string of the molecule is C=C(C)c1ccccc1C1=CC(OC)(OC)C(=O)C=C1. The first-order valence-corrected chi connectivity index (χ1v) is 6.35. The number of carbonyl (C=O) groups excluding carboxylic acids is 1. The topological polar surface area (TPSA) is 35.5 Å². The highest BCUT2D eigenvalue weighted by Crippen LogP contribution is 2.31. The van der Waals surface area contributed by atoms with Gasteiger partial charge in [-0.05, 0) is 35.8 Å². The summed E-state index contributed by atoms with van der Waals surface area (Å²) in [7, 11) is 2.92. The molecule has 0 fully saturated rings. The van der Waals surface area contributed by atoms with E-state index in [1.807, 2.05) is 31.2 Å². The number of hydrogen-bond acceptors (Lipinski definition) is 3. The molecule has 0 amide bonds. The maximum absolute atomic E-state index is 12.0. The average molecular weight is 270 g/mol. The van der Waals surface area contributed by atoms with E-state index in [-0.39, 0.29) is 5.78 Å². The minimum atomic E-state index is -1.34. The summed E-state index contributed by atoms with van der Waals surface area (Å²) in [5, 5.41) is 0. The summed E-state index contributed by atoms with van der Waals surface area (Å²) < 4.78 is 10.5. The average Bonchev–Trinajstić information content (AvgIpc) is 2.48. The summed E-state index contributed by atoms with van der Waals surface area (Å²) >= 11 is 0. The molecule has 1 aromatic rings. The van der Waals surface area contributed by atoms with Crippen LogP contribution in [0.25, 0.3) is 11.1 Å². The molecular formula is C17H18O3. The number of rotatable bonds is 4. The highest BCUT2D eigenvalue weighted by atomic mass is 16.7. The molecule has 0 radical (unpaired) electrons. The lowest BCUT2D eigenvalue weighted by Gasteiger charge is -2.28. The van der Waals surface area contributed by atoms with Gasteiger partial charge in [0.2, 0.25) is 5.78 Å². The summed E-state index contributed by atoms with van der Waals surface area (Å²) in [5.74, 6) is -1.56. The molecule has 0 unspecified atom stereocenters. The molecule has 0 aromatic heterocycles. The standard InChI is InChI=1S/C17H18O3/c1-12(2)14-7-5-6-8-15(14)13-9-10-16(18)17(11-13,19-3)20-4/h5-11H,1H2,2-4H3. The largest absolute Gasteiger partial charge is 0.344 e. The third-order valence-electron chi connectivity index (χ3n) is 3.41. The molecule has 0 heterocycles. The fourth-order valence-corrected chi connectivity index (χ4v) is 2.28. The molecule has 0 saturated heterocycles. The van der Waals surface area contributed by atoms with E-state index in [0.29, 0.717) is 0 Å². The Labute approximate surface area is 119 Å². The van der Waals surface area contributed by atoms with Crippen LogP contribution in [0.15, 0.2) is 49.1 Å². The van der Waals surface area contributed by atoms with Crippen LogP contribution in [-0.4, -0.2) is 25.8 Å². The van der Waals surface area contributed by atoms with Crippen LogP contribution in [0.4, 0.5) is 0 Å². The first-order chi connectivity index (χ1) is 9.54. The van der Waals surface area contributed by atoms with Crippen molar-refractivity contribution in [1.82, 2.24) is 0 Å². The number of benzene rings is 1. The van der Waals surface area contributed by atoms with Crippen molar-refractivity contribution in [2.75, 3.05) is 14.2 Å². The van der Waals surface area contributed by atoms with E-state index in [1.54, 1.807) is 12.2 Å². The third-order valence-corrected chi connectivity index (χ3v) is 3.41. The van der Waals surface area contributed by atoms with Crippen LogP contribution in [0.3, 0.4) is 0 Å². The van der Waals surface area contributed by atoms with Crippen LogP contribution in [0.5, 0.6) is 0 Å². The molecule has 2 rings (SSSR count). The highest BCUT2D eigenvalue weighted by Gasteiger charge is 2.37. The number of allylic oxidation sites excluding steroid dienone is 3. The molecule has 0 aliphatic heterocycles. The van der Waals surface area contributed by atoms with E-state index in [4.69, 9.17) is 9.47 Å². The van der Waals surface area contributed by atoms with Gasteiger partial charge < -0.3 is 9.47 Å². The first-order valence-electron chi connectivity index (χ1n) is 6.35. The van der Waals surface area contributed by atoms with Gasteiger partial charge in [-0.3, -0.25) is 4.79 Å². The second kappa shape index (κ2) is 5.57. The van der Waals surface area contributed by atoms with Gasteiger partial charge in [-0.2, -0.15) is 0 Å². The Kier molecular flexibility index (Phi) is 4.02. The highest BCUT2D eigenvalue weighted by molar-refractivity contribution is 6.04. The van der Waals surface area contributed by atoms with Crippen LogP contribution < -0.4 is 0 Å². The molecule has 3 heteroatoms. The minimum absolute atomic E-state index is 0.223. The molecule has 1 aliphatic carbocycles. The zero-order chi connectivity index (χ0) is 14.8. The summed E-state index contributed by atoms with van der Waals surface area (Å²) in [4.78, 5) is 12.0. The van der Waals surface area contributed by atoms with Gasteiger partial charge in [-0.25, -0.2) is 0 Å². The molecule has 0 spiro atoms. The van der Waals surface area contributed by atoms with Crippen molar-refractivity contribution in [2.45, 2.75) is 12.7 Å².